The fraction of sp³-hybridized carbons (Fsp3) is 0.706. The van der Waals surface area contributed by atoms with Gasteiger partial charge in [-0.15, -0.1) is 11.3 Å². The summed E-state index contributed by atoms with van der Waals surface area (Å²) in [6.45, 7) is 2.09. The maximum absolute atomic E-state index is 12.5. The van der Waals surface area contributed by atoms with E-state index in [1.165, 1.54) is 12.0 Å². The van der Waals surface area contributed by atoms with Crippen molar-refractivity contribution in [2.45, 2.75) is 44.4 Å². The Morgan fingerprint density at radius 1 is 1.25 bits per heavy atom. The number of nitrogens with zero attached hydrogens (tertiary/aromatic N) is 1. The number of esters is 1. The van der Waals surface area contributed by atoms with E-state index in [0.29, 0.717) is 17.5 Å². The number of carbonyl (C=O) groups excluding carboxylic acids is 2. The van der Waals surface area contributed by atoms with Gasteiger partial charge in [-0.2, -0.15) is 0 Å². The van der Waals surface area contributed by atoms with Crippen molar-refractivity contribution in [1.29, 1.82) is 0 Å². The van der Waals surface area contributed by atoms with Crippen LogP contribution < -0.4 is 10.6 Å². The van der Waals surface area contributed by atoms with E-state index in [-0.39, 0.29) is 23.7 Å². The van der Waals surface area contributed by atoms with E-state index >= 15 is 0 Å². The van der Waals surface area contributed by atoms with Gasteiger partial charge in [0.2, 0.25) is 5.91 Å². The average molecular weight is 351 g/mol. The molecule has 2 heterocycles. The summed E-state index contributed by atoms with van der Waals surface area (Å²) in [5.41, 5.74) is 0. The minimum absolute atomic E-state index is 0.0187. The predicted molar refractivity (Wildman–Crippen MR) is 93.1 cm³/mol. The number of hydrogen-bond acceptors (Lipinski definition) is 6. The summed E-state index contributed by atoms with van der Waals surface area (Å²) in [6, 6.07) is 0. The van der Waals surface area contributed by atoms with Crippen molar-refractivity contribution in [1.82, 2.24) is 10.3 Å². The second kappa shape index (κ2) is 8.07. The van der Waals surface area contributed by atoms with Gasteiger partial charge in [-0.05, 0) is 51.1 Å². The van der Waals surface area contributed by atoms with Crippen LogP contribution in [0.5, 0.6) is 0 Å². The molecule has 24 heavy (non-hydrogen) atoms. The number of piperidine rings is 1. The van der Waals surface area contributed by atoms with E-state index in [9.17, 15) is 9.59 Å². The summed E-state index contributed by atoms with van der Waals surface area (Å²) in [7, 11) is 1.41. The molecular weight excluding hydrogens is 326 g/mol. The van der Waals surface area contributed by atoms with Gasteiger partial charge in [0, 0.05) is 17.0 Å². The Labute approximate surface area is 146 Å². The minimum atomic E-state index is -0.199. The van der Waals surface area contributed by atoms with E-state index in [2.05, 4.69) is 15.6 Å². The van der Waals surface area contributed by atoms with Gasteiger partial charge < -0.3 is 15.4 Å². The average Bonchev–Trinajstić information content (AvgIpc) is 3.10. The molecule has 2 aliphatic rings. The number of rotatable bonds is 4. The van der Waals surface area contributed by atoms with Crippen molar-refractivity contribution in [2.75, 3.05) is 25.5 Å². The van der Waals surface area contributed by atoms with Gasteiger partial charge in [-0.25, -0.2) is 4.98 Å². The molecule has 3 rings (SSSR count). The van der Waals surface area contributed by atoms with Gasteiger partial charge in [0.1, 0.15) is 0 Å². The molecule has 1 saturated carbocycles. The number of amides is 1. The first-order valence-electron chi connectivity index (χ1n) is 8.72. The molecule has 2 fully saturated rings. The number of aromatic nitrogens is 1. The number of methoxy groups -OCH3 is 1. The molecule has 1 aliphatic heterocycles. The molecule has 7 heteroatoms. The molecular formula is C17H25N3O3S. The van der Waals surface area contributed by atoms with Crippen molar-refractivity contribution in [3.63, 3.8) is 0 Å². The number of carbonyl (C=O) groups is 2. The zero-order valence-electron chi connectivity index (χ0n) is 14.0. The summed E-state index contributed by atoms with van der Waals surface area (Å²) in [6.07, 6.45) is 7.24. The van der Waals surface area contributed by atoms with E-state index in [4.69, 9.17) is 4.74 Å². The number of nitrogens with one attached hydrogen (secondary N) is 2. The summed E-state index contributed by atoms with van der Waals surface area (Å²) in [5.74, 6) is 0.0488. The summed E-state index contributed by atoms with van der Waals surface area (Å²) in [5, 5.41) is 6.99. The van der Waals surface area contributed by atoms with Crippen LogP contribution in [0.2, 0.25) is 0 Å². The van der Waals surface area contributed by atoms with Crippen molar-refractivity contribution in [3.8, 4) is 0 Å². The first kappa shape index (κ1) is 17.4. The number of ether oxygens (including phenoxy) is 1. The third kappa shape index (κ3) is 4.13. The minimum Gasteiger partial charge on any atom is -0.469 e. The molecule has 0 spiro atoms. The van der Waals surface area contributed by atoms with Crippen LogP contribution in [0.15, 0.2) is 6.20 Å². The quantitative estimate of drug-likeness (QED) is 0.815. The first-order chi connectivity index (χ1) is 11.7. The number of anilines is 1. The molecule has 0 aromatic carbocycles. The second-order valence-electron chi connectivity index (χ2n) is 6.66. The Kier molecular flexibility index (Phi) is 5.84. The van der Waals surface area contributed by atoms with Gasteiger partial charge in [-0.3, -0.25) is 9.59 Å². The highest BCUT2D eigenvalue weighted by Gasteiger charge is 2.32. The zero-order chi connectivity index (χ0) is 16.9. The van der Waals surface area contributed by atoms with Crippen LogP contribution in [0.4, 0.5) is 5.13 Å². The second-order valence-corrected chi connectivity index (χ2v) is 7.73. The zero-order valence-corrected chi connectivity index (χ0v) is 14.9. The van der Waals surface area contributed by atoms with Crippen LogP contribution >= 0.6 is 11.3 Å². The van der Waals surface area contributed by atoms with Gasteiger partial charge in [0.05, 0.1) is 13.0 Å². The van der Waals surface area contributed by atoms with Crippen molar-refractivity contribution in [3.05, 3.63) is 11.1 Å². The molecule has 2 unspecified atom stereocenters. The van der Waals surface area contributed by atoms with Crippen LogP contribution in [0, 0.1) is 11.8 Å². The van der Waals surface area contributed by atoms with E-state index < -0.39 is 0 Å². The molecule has 1 saturated heterocycles. The van der Waals surface area contributed by atoms with Gasteiger partial charge in [0.25, 0.3) is 0 Å². The normalized spacial score (nSPS) is 25.2. The molecule has 2 atom stereocenters. The first-order valence-corrected chi connectivity index (χ1v) is 9.54. The molecule has 6 nitrogen and oxygen atoms in total. The number of hydrogen-bond donors (Lipinski definition) is 2. The largest absolute Gasteiger partial charge is 0.469 e. The Bertz CT molecular complexity index is 583. The Morgan fingerprint density at radius 3 is 2.75 bits per heavy atom. The molecule has 2 N–H and O–H groups in total. The fourth-order valence-corrected chi connectivity index (χ4v) is 4.64. The molecule has 0 bridgehead atoms. The van der Waals surface area contributed by atoms with E-state index in [1.54, 1.807) is 11.3 Å². The number of thiazole rings is 1. The van der Waals surface area contributed by atoms with Crippen LogP contribution in [-0.2, 0) is 14.3 Å². The molecule has 0 radical (unpaired) electrons. The van der Waals surface area contributed by atoms with Crippen molar-refractivity contribution in [2.24, 2.45) is 11.8 Å². The maximum atomic E-state index is 12.5. The van der Waals surface area contributed by atoms with E-state index in [0.717, 1.165) is 45.2 Å². The predicted octanol–water partition coefficient (Wildman–Crippen LogP) is 2.53. The van der Waals surface area contributed by atoms with Gasteiger partial charge >= 0.3 is 5.97 Å². The highest BCUT2D eigenvalue weighted by molar-refractivity contribution is 7.15. The van der Waals surface area contributed by atoms with Crippen molar-refractivity contribution >= 4 is 28.3 Å². The lowest BCUT2D eigenvalue weighted by Crippen LogP contribution is -2.31. The topological polar surface area (TPSA) is 80.3 Å². The third-order valence-electron chi connectivity index (χ3n) is 5.07. The molecule has 132 valence electrons. The standard InChI is InChI=1S/C17H25N3O3S/c1-23-16(22)13-4-2-3-12(9-13)15(21)20-17-19-10-14(24-17)11-5-7-18-8-6-11/h10-13,18H,2-9H2,1H3,(H,19,20,21). The maximum Gasteiger partial charge on any atom is 0.308 e. The highest BCUT2D eigenvalue weighted by atomic mass is 32.1. The summed E-state index contributed by atoms with van der Waals surface area (Å²) < 4.78 is 4.82. The van der Waals surface area contributed by atoms with Gasteiger partial charge in [-0.1, -0.05) is 6.42 Å². The van der Waals surface area contributed by atoms with Crippen LogP contribution in [0.1, 0.15) is 49.3 Å². The lowest BCUT2D eigenvalue weighted by Gasteiger charge is -2.26. The lowest BCUT2D eigenvalue weighted by molar-refractivity contribution is -0.147. The summed E-state index contributed by atoms with van der Waals surface area (Å²) in [4.78, 5) is 29.8. The highest BCUT2D eigenvalue weighted by Crippen LogP contribution is 2.34. The lowest BCUT2D eigenvalue weighted by atomic mass is 9.81. The van der Waals surface area contributed by atoms with Crippen LogP contribution in [0.3, 0.4) is 0 Å². The molecule has 1 aromatic heterocycles. The SMILES string of the molecule is COC(=O)C1CCCC(C(=O)Nc2ncc(C3CCNCC3)s2)C1. The van der Waals surface area contributed by atoms with Gasteiger partial charge in [0.15, 0.2) is 5.13 Å². The monoisotopic (exact) mass is 351 g/mol. The summed E-state index contributed by atoms with van der Waals surface area (Å²) >= 11 is 1.58. The van der Waals surface area contributed by atoms with Crippen LogP contribution in [0.25, 0.3) is 0 Å². The smallest absolute Gasteiger partial charge is 0.308 e. The van der Waals surface area contributed by atoms with Crippen LogP contribution in [-0.4, -0.2) is 37.1 Å². The fourth-order valence-electron chi connectivity index (χ4n) is 3.66. The Hall–Kier alpha value is -1.47. The molecule has 1 amide bonds. The van der Waals surface area contributed by atoms with Crippen molar-refractivity contribution < 1.29 is 14.3 Å². The Morgan fingerprint density at radius 2 is 2.00 bits per heavy atom. The molecule has 1 aromatic rings. The third-order valence-corrected chi connectivity index (χ3v) is 6.15. The van der Waals surface area contributed by atoms with E-state index in [1.807, 2.05) is 6.20 Å². The Balaban J connectivity index is 1.56. The molecule has 1 aliphatic carbocycles.